The lowest BCUT2D eigenvalue weighted by molar-refractivity contribution is 0.470. The SMILES string of the molecule is O=S(=O)(O)c1cc(F)ccc1F. The Morgan fingerprint density at radius 2 is 1.83 bits per heavy atom. The molecule has 0 amide bonds. The summed E-state index contributed by atoms with van der Waals surface area (Å²) >= 11 is 0. The van der Waals surface area contributed by atoms with Crippen LogP contribution in [0.2, 0.25) is 0 Å². The number of halogens is 2. The maximum absolute atomic E-state index is 12.6. The lowest BCUT2D eigenvalue weighted by Crippen LogP contribution is -2.01. The van der Waals surface area contributed by atoms with E-state index in [2.05, 4.69) is 0 Å². The van der Waals surface area contributed by atoms with E-state index >= 15 is 0 Å². The molecular weight excluding hydrogens is 190 g/mol. The van der Waals surface area contributed by atoms with Crippen LogP contribution in [-0.4, -0.2) is 13.0 Å². The number of hydrogen-bond donors (Lipinski definition) is 1. The monoisotopic (exact) mass is 194 g/mol. The average molecular weight is 194 g/mol. The molecule has 1 aromatic rings. The summed E-state index contributed by atoms with van der Waals surface area (Å²) in [6.07, 6.45) is 0. The second-order valence-corrected chi connectivity index (χ2v) is 3.44. The molecule has 0 atom stereocenters. The van der Waals surface area contributed by atoms with Crippen molar-refractivity contribution in [1.82, 2.24) is 0 Å². The minimum Gasteiger partial charge on any atom is -0.282 e. The Kier molecular flexibility index (Phi) is 2.12. The van der Waals surface area contributed by atoms with E-state index in [9.17, 15) is 17.2 Å². The van der Waals surface area contributed by atoms with Gasteiger partial charge in [-0.05, 0) is 18.2 Å². The van der Waals surface area contributed by atoms with Crippen molar-refractivity contribution < 1.29 is 21.8 Å². The first kappa shape index (κ1) is 9.08. The molecule has 0 aliphatic carbocycles. The standard InChI is InChI=1S/C6H4F2O3S/c7-4-1-2-5(8)6(3-4)12(9,10)11/h1-3H,(H,9,10,11). The molecular formula is C6H4F2O3S. The second kappa shape index (κ2) is 2.80. The highest BCUT2D eigenvalue weighted by Crippen LogP contribution is 2.14. The van der Waals surface area contributed by atoms with Crippen LogP contribution in [0.1, 0.15) is 0 Å². The van der Waals surface area contributed by atoms with E-state index in [1.807, 2.05) is 0 Å². The van der Waals surface area contributed by atoms with E-state index in [4.69, 9.17) is 4.55 Å². The van der Waals surface area contributed by atoms with Gasteiger partial charge in [0, 0.05) is 0 Å². The molecule has 0 bridgehead atoms. The molecule has 0 saturated carbocycles. The summed E-state index contributed by atoms with van der Waals surface area (Å²) in [6, 6.07) is 1.78. The van der Waals surface area contributed by atoms with E-state index in [0.717, 1.165) is 6.07 Å². The molecule has 0 aliphatic heterocycles. The predicted octanol–water partition coefficient (Wildman–Crippen LogP) is 1.21. The molecule has 0 spiro atoms. The third-order valence-electron chi connectivity index (χ3n) is 1.17. The van der Waals surface area contributed by atoms with Crippen molar-refractivity contribution in [3.63, 3.8) is 0 Å². The molecule has 1 N–H and O–H groups in total. The molecule has 0 radical (unpaired) electrons. The molecule has 0 saturated heterocycles. The van der Waals surface area contributed by atoms with Gasteiger partial charge in [0.15, 0.2) is 0 Å². The minimum atomic E-state index is -4.67. The van der Waals surface area contributed by atoms with Gasteiger partial charge in [-0.2, -0.15) is 8.42 Å². The Balaban J connectivity index is 3.43. The first-order valence-electron chi connectivity index (χ1n) is 2.84. The van der Waals surface area contributed by atoms with Crippen LogP contribution >= 0.6 is 0 Å². The Bertz CT molecular complexity index is 399. The minimum absolute atomic E-state index is 0.407. The number of rotatable bonds is 1. The molecule has 1 rings (SSSR count). The van der Waals surface area contributed by atoms with Crippen LogP contribution in [0.4, 0.5) is 8.78 Å². The normalized spacial score (nSPS) is 11.6. The molecule has 12 heavy (non-hydrogen) atoms. The van der Waals surface area contributed by atoms with Crippen LogP contribution in [0.25, 0.3) is 0 Å². The van der Waals surface area contributed by atoms with E-state index in [1.54, 1.807) is 0 Å². The van der Waals surface area contributed by atoms with Gasteiger partial charge in [0.25, 0.3) is 10.1 Å². The summed E-state index contributed by atoms with van der Waals surface area (Å²) in [5.74, 6) is -2.11. The highest BCUT2D eigenvalue weighted by atomic mass is 32.2. The highest BCUT2D eigenvalue weighted by Gasteiger charge is 2.15. The van der Waals surface area contributed by atoms with Gasteiger partial charge in [-0.15, -0.1) is 0 Å². The second-order valence-electron chi connectivity index (χ2n) is 2.05. The molecule has 0 fully saturated rings. The van der Waals surface area contributed by atoms with Gasteiger partial charge in [-0.1, -0.05) is 0 Å². The average Bonchev–Trinajstić information content (AvgIpc) is 1.92. The Labute approximate surface area is 67.4 Å². The zero-order valence-corrected chi connectivity index (χ0v) is 6.48. The molecule has 0 aromatic heterocycles. The van der Waals surface area contributed by atoms with Crippen molar-refractivity contribution in [2.75, 3.05) is 0 Å². The summed E-state index contributed by atoms with van der Waals surface area (Å²) < 4.78 is 54.0. The zero-order valence-electron chi connectivity index (χ0n) is 5.66. The first-order valence-corrected chi connectivity index (χ1v) is 4.28. The number of hydrogen-bond acceptors (Lipinski definition) is 2. The molecule has 66 valence electrons. The molecule has 0 heterocycles. The molecule has 0 aliphatic rings. The van der Waals surface area contributed by atoms with Crippen molar-refractivity contribution in [1.29, 1.82) is 0 Å². The summed E-state index contributed by atoms with van der Waals surface area (Å²) in [5, 5.41) is 0. The predicted molar refractivity (Wildman–Crippen MR) is 36.2 cm³/mol. The lowest BCUT2D eigenvalue weighted by Gasteiger charge is -1.97. The van der Waals surface area contributed by atoms with Crippen molar-refractivity contribution >= 4 is 10.1 Å². The Morgan fingerprint density at radius 1 is 1.25 bits per heavy atom. The topological polar surface area (TPSA) is 54.4 Å². The van der Waals surface area contributed by atoms with Gasteiger partial charge in [0.1, 0.15) is 16.5 Å². The fraction of sp³-hybridized carbons (Fsp3) is 0. The maximum Gasteiger partial charge on any atom is 0.297 e. The largest absolute Gasteiger partial charge is 0.297 e. The van der Waals surface area contributed by atoms with Gasteiger partial charge >= 0.3 is 0 Å². The van der Waals surface area contributed by atoms with Crippen molar-refractivity contribution in [3.8, 4) is 0 Å². The fourth-order valence-corrected chi connectivity index (χ4v) is 1.25. The summed E-state index contributed by atoms with van der Waals surface area (Å²) in [4.78, 5) is -1.05. The van der Waals surface area contributed by atoms with Crippen LogP contribution in [0.3, 0.4) is 0 Å². The molecule has 3 nitrogen and oxygen atoms in total. The van der Waals surface area contributed by atoms with Gasteiger partial charge < -0.3 is 0 Å². The van der Waals surface area contributed by atoms with Gasteiger partial charge in [0.2, 0.25) is 0 Å². The Morgan fingerprint density at radius 3 is 2.25 bits per heavy atom. The van der Waals surface area contributed by atoms with Crippen molar-refractivity contribution in [3.05, 3.63) is 29.8 Å². The van der Waals surface area contributed by atoms with Crippen molar-refractivity contribution in [2.45, 2.75) is 4.90 Å². The molecule has 6 heteroatoms. The van der Waals surface area contributed by atoms with Crippen molar-refractivity contribution in [2.24, 2.45) is 0 Å². The quantitative estimate of drug-likeness (QED) is 0.683. The third-order valence-corrected chi connectivity index (χ3v) is 2.04. The van der Waals surface area contributed by atoms with E-state index < -0.39 is 26.6 Å². The van der Waals surface area contributed by atoms with Gasteiger partial charge in [0.05, 0.1) is 0 Å². The van der Waals surface area contributed by atoms with E-state index in [0.29, 0.717) is 12.1 Å². The molecule has 0 unspecified atom stereocenters. The zero-order chi connectivity index (χ0) is 9.35. The number of benzene rings is 1. The Hall–Kier alpha value is -1.01. The lowest BCUT2D eigenvalue weighted by atomic mass is 10.3. The van der Waals surface area contributed by atoms with Crippen LogP contribution in [0.5, 0.6) is 0 Å². The van der Waals surface area contributed by atoms with Gasteiger partial charge in [-0.3, -0.25) is 4.55 Å². The van der Waals surface area contributed by atoms with Crippen LogP contribution in [0, 0.1) is 11.6 Å². The highest BCUT2D eigenvalue weighted by molar-refractivity contribution is 7.85. The summed E-state index contributed by atoms with van der Waals surface area (Å²) in [5.41, 5.74) is 0. The smallest absolute Gasteiger partial charge is 0.282 e. The van der Waals surface area contributed by atoms with Crippen LogP contribution in [-0.2, 0) is 10.1 Å². The third kappa shape index (κ3) is 1.77. The fourth-order valence-electron chi connectivity index (χ4n) is 0.675. The van der Waals surface area contributed by atoms with Crippen LogP contribution < -0.4 is 0 Å². The molecule has 1 aromatic carbocycles. The summed E-state index contributed by atoms with van der Waals surface area (Å²) in [6.45, 7) is 0. The maximum atomic E-state index is 12.6. The first-order chi connectivity index (χ1) is 5.41. The van der Waals surface area contributed by atoms with E-state index in [1.165, 1.54) is 0 Å². The van der Waals surface area contributed by atoms with Crippen LogP contribution in [0.15, 0.2) is 23.1 Å². The van der Waals surface area contributed by atoms with Gasteiger partial charge in [-0.25, -0.2) is 8.78 Å². The summed E-state index contributed by atoms with van der Waals surface area (Å²) in [7, 11) is -4.67. The van der Waals surface area contributed by atoms with E-state index in [-0.39, 0.29) is 0 Å².